The first-order chi connectivity index (χ1) is 10.1. The Bertz CT molecular complexity index is 811. The largest absolute Gasteiger partial charge is 0.0840 e. The zero-order valence-electron chi connectivity index (χ0n) is 11.4. The van der Waals surface area contributed by atoms with E-state index in [9.17, 15) is 0 Å². The predicted molar refractivity (Wildman–Crippen MR) is 98.6 cm³/mol. The summed E-state index contributed by atoms with van der Waals surface area (Å²) in [4.78, 5) is 0.0630. The van der Waals surface area contributed by atoms with E-state index in [1.54, 1.807) is 0 Å². The summed E-state index contributed by atoms with van der Waals surface area (Å²) in [6.07, 6.45) is 0. The molecule has 0 radical (unpaired) electrons. The van der Waals surface area contributed by atoms with Gasteiger partial charge in [0.1, 0.15) is 0 Å². The number of halogens is 3. The highest BCUT2D eigenvalue weighted by Crippen LogP contribution is 2.40. The summed E-state index contributed by atoms with van der Waals surface area (Å²) in [6, 6.07) is 18.8. The molecule has 0 aliphatic rings. The molecule has 1 atom stereocenters. The molecule has 0 saturated heterocycles. The summed E-state index contributed by atoms with van der Waals surface area (Å²) in [5.74, 6) is 0. The van der Waals surface area contributed by atoms with Crippen molar-refractivity contribution in [3.8, 4) is 0 Å². The molecule has 3 aromatic rings. The van der Waals surface area contributed by atoms with E-state index in [-0.39, 0.29) is 4.83 Å². The molecule has 0 fully saturated rings. The van der Waals surface area contributed by atoms with Crippen LogP contribution in [0.2, 0.25) is 5.02 Å². The number of alkyl halides is 1. The minimum Gasteiger partial charge on any atom is -0.0840 e. The molecule has 1 unspecified atom stereocenters. The fraction of sp³-hybridized carbons (Fsp3) is 0.111. The van der Waals surface area contributed by atoms with Crippen LogP contribution in [-0.2, 0) is 0 Å². The van der Waals surface area contributed by atoms with Crippen molar-refractivity contribution in [1.82, 2.24) is 0 Å². The van der Waals surface area contributed by atoms with Crippen LogP contribution in [0.25, 0.3) is 10.8 Å². The molecule has 3 rings (SSSR count). The summed E-state index contributed by atoms with van der Waals surface area (Å²) in [5.41, 5.74) is 3.59. The second kappa shape index (κ2) is 6.12. The number of hydrogen-bond acceptors (Lipinski definition) is 0. The third-order valence-corrected chi connectivity index (χ3v) is 5.50. The van der Waals surface area contributed by atoms with Gasteiger partial charge in [-0.15, -0.1) is 0 Å². The molecule has 0 bridgehead atoms. The monoisotopic (exact) mass is 422 g/mol. The van der Waals surface area contributed by atoms with E-state index in [1.807, 2.05) is 12.1 Å². The van der Waals surface area contributed by atoms with E-state index in [1.165, 1.54) is 21.9 Å². The van der Waals surface area contributed by atoms with E-state index >= 15 is 0 Å². The van der Waals surface area contributed by atoms with Crippen LogP contribution in [0.15, 0.2) is 59.1 Å². The Balaban J connectivity index is 2.20. The fourth-order valence-corrected chi connectivity index (χ4v) is 4.09. The van der Waals surface area contributed by atoms with E-state index < -0.39 is 0 Å². The van der Waals surface area contributed by atoms with Crippen molar-refractivity contribution in [2.75, 3.05) is 0 Å². The molecule has 3 heteroatoms. The van der Waals surface area contributed by atoms with Gasteiger partial charge in [-0.1, -0.05) is 79.9 Å². The lowest BCUT2D eigenvalue weighted by atomic mass is 9.96. The normalized spacial score (nSPS) is 12.6. The van der Waals surface area contributed by atoms with Gasteiger partial charge in [-0.05, 0) is 52.6 Å². The standard InChI is InChI=1S/C18H13Br2Cl/c1-11-6-8-15(14-5-3-2-4-13(11)14)18(20)16-10-12(19)7-9-17(16)21/h2-10,18H,1H3. The van der Waals surface area contributed by atoms with Gasteiger partial charge in [-0.25, -0.2) is 0 Å². The van der Waals surface area contributed by atoms with Crippen molar-refractivity contribution in [2.24, 2.45) is 0 Å². The van der Waals surface area contributed by atoms with Gasteiger partial charge in [0.15, 0.2) is 0 Å². The Morgan fingerprint density at radius 2 is 1.62 bits per heavy atom. The van der Waals surface area contributed by atoms with Gasteiger partial charge in [0.05, 0.1) is 4.83 Å². The van der Waals surface area contributed by atoms with Gasteiger partial charge < -0.3 is 0 Å². The molecular formula is C18H13Br2Cl. The quantitative estimate of drug-likeness (QED) is 0.387. The SMILES string of the molecule is Cc1ccc(C(Br)c2cc(Br)ccc2Cl)c2ccccc12. The predicted octanol–water partition coefficient (Wildman–Crippen LogP) is 7.05. The Morgan fingerprint density at radius 1 is 0.905 bits per heavy atom. The number of hydrogen-bond donors (Lipinski definition) is 0. The summed E-state index contributed by atoms with van der Waals surface area (Å²) in [5, 5.41) is 3.31. The maximum Gasteiger partial charge on any atom is 0.0665 e. The molecule has 0 spiro atoms. The van der Waals surface area contributed by atoms with Crippen LogP contribution in [0.5, 0.6) is 0 Å². The van der Waals surface area contributed by atoms with Gasteiger partial charge in [0.25, 0.3) is 0 Å². The minimum atomic E-state index is 0.0630. The first kappa shape index (κ1) is 15.1. The Hall–Kier alpha value is -0.830. The summed E-state index contributed by atoms with van der Waals surface area (Å²) >= 11 is 13.7. The molecule has 0 amide bonds. The van der Waals surface area contributed by atoms with Crippen LogP contribution in [-0.4, -0.2) is 0 Å². The number of rotatable bonds is 2. The van der Waals surface area contributed by atoms with E-state index in [0.717, 1.165) is 15.1 Å². The molecule has 0 aliphatic carbocycles. The van der Waals surface area contributed by atoms with Crippen LogP contribution in [0.4, 0.5) is 0 Å². The molecule has 0 N–H and O–H groups in total. The average Bonchev–Trinajstić information content (AvgIpc) is 2.50. The highest BCUT2D eigenvalue weighted by molar-refractivity contribution is 9.10. The minimum absolute atomic E-state index is 0.0630. The second-order valence-electron chi connectivity index (χ2n) is 5.05. The maximum absolute atomic E-state index is 6.37. The smallest absolute Gasteiger partial charge is 0.0665 e. The van der Waals surface area contributed by atoms with Gasteiger partial charge in [-0.3, -0.25) is 0 Å². The summed E-state index contributed by atoms with van der Waals surface area (Å²) in [6.45, 7) is 2.14. The Morgan fingerprint density at radius 3 is 2.38 bits per heavy atom. The van der Waals surface area contributed by atoms with Crippen molar-refractivity contribution in [3.05, 3.63) is 80.8 Å². The summed E-state index contributed by atoms with van der Waals surface area (Å²) < 4.78 is 1.03. The zero-order valence-corrected chi connectivity index (χ0v) is 15.3. The van der Waals surface area contributed by atoms with E-state index in [4.69, 9.17) is 11.6 Å². The van der Waals surface area contributed by atoms with Crippen molar-refractivity contribution in [2.45, 2.75) is 11.8 Å². The van der Waals surface area contributed by atoms with Crippen LogP contribution in [0.3, 0.4) is 0 Å². The Labute approximate surface area is 146 Å². The first-order valence-electron chi connectivity index (χ1n) is 6.65. The number of aryl methyl sites for hydroxylation is 1. The maximum atomic E-state index is 6.37. The van der Waals surface area contributed by atoms with Crippen molar-refractivity contribution in [3.63, 3.8) is 0 Å². The second-order valence-corrected chi connectivity index (χ2v) is 7.28. The van der Waals surface area contributed by atoms with Crippen LogP contribution in [0.1, 0.15) is 21.5 Å². The molecule has 0 aliphatic heterocycles. The number of fused-ring (bicyclic) bond motifs is 1. The van der Waals surface area contributed by atoms with E-state index in [0.29, 0.717) is 0 Å². The van der Waals surface area contributed by atoms with Crippen LogP contribution in [0, 0.1) is 6.92 Å². The highest BCUT2D eigenvalue weighted by Gasteiger charge is 2.17. The fourth-order valence-electron chi connectivity index (χ4n) is 2.57. The van der Waals surface area contributed by atoms with Crippen molar-refractivity contribution in [1.29, 1.82) is 0 Å². The molecule has 0 saturated carbocycles. The Kier molecular flexibility index (Phi) is 4.39. The van der Waals surface area contributed by atoms with Gasteiger partial charge in [0.2, 0.25) is 0 Å². The molecular weight excluding hydrogens is 411 g/mol. The molecule has 0 heterocycles. The van der Waals surface area contributed by atoms with Gasteiger partial charge in [-0.2, -0.15) is 0 Å². The molecule has 0 aromatic heterocycles. The van der Waals surface area contributed by atoms with E-state index in [2.05, 4.69) is 81.2 Å². The molecule has 21 heavy (non-hydrogen) atoms. The van der Waals surface area contributed by atoms with Crippen molar-refractivity contribution >= 4 is 54.2 Å². The molecule has 3 aromatic carbocycles. The van der Waals surface area contributed by atoms with Crippen molar-refractivity contribution < 1.29 is 0 Å². The first-order valence-corrected chi connectivity index (χ1v) is 8.74. The molecule has 0 nitrogen and oxygen atoms in total. The van der Waals surface area contributed by atoms with Crippen LogP contribution >= 0.6 is 43.5 Å². The lowest BCUT2D eigenvalue weighted by Crippen LogP contribution is -1.96. The number of benzene rings is 3. The topological polar surface area (TPSA) is 0 Å². The summed E-state index contributed by atoms with van der Waals surface area (Å²) in [7, 11) is 0. The third kappa shape index (κ3) is 2.90. The highest BCUT2D eigenvalue weighted by atomic mass is 79.9. The zero-order chi connectivity index (χ0) is 15.0. The molecule has 106 valence electrons. The third-order valence-electron chi connectivity index (χ3n) is 3.68. The lowest BCUT2D eigenvalue weighted by Gasteiger charge is -2.16. The lowest BCUT2D eigenvalue weighted by molar-refractivity contribution is 1.19. The average molecular weight is 425 g/mol. The van der Waals surface area contributed by atoms with Gasteiger partial charge >= 0.3 is 0 Å². The van der Waals surface area contributed by atoms with Gasteiger partial charge in [0, 0.05) is 9.50 Å². The van der Waals surface area contributed by atoms with Crippen LogP contribution < -0.4 is 0 Å².